The minimum atomic E-state index is -0.920. The SMILES string of the molecule is CC(=O)NC1(CC(=O)O)COC(C)C1. The van der Waals surface area contributed by atoms with Crippen LogP contribution in [0, 0.1) is 0 Å². The Hall–Kier alpha value is -1.10. The maximum Gasteiger partial charge on any atom is 0.305 e. The number of carbonyl (C=O) groups excluding carboxylic acids is 1. The number of amides is 1. The van der Waals surface area contributed by atoms with Gasteiger partial charge in [-0.15, -0.1) is 0 Å². The molecule has 0 spiro atoms. The highest BCUT2D eigenvalue weighted by molar-refractivity contribution is 5.76. The van der Waals surface area contributed by atoms with E-state index in [4.69, 9.17) is 9.84 Å². The number of hydrogen-bond acceptors (Lipinski definition) is 3. The Morgan fingerprint density at radius 2 is 2.29 bits per heavy atom. The Kier molecular flexibility index (Phi) is 3.10. The fourth-order valence-corrected chi connectivity index (χ4v) is 1.89. The van der Waals surface area contributed by atoms with Crippen LogP contribution in [0.2, 0.25) is 0 Å². The summed E-state index contributed by atoms with van der Waals surface area (Å²) in [6.07, 6.45) is 0.469. The van der Waals surface area contributed by atoms with Crippen LogP contribution in [0.15, 0.2) is 0 Å². The summed E-state index contributed by atoms with van der Waals surface area (Å²) in [7, 11) is 0. The first kappa shape index (κ1) is 11.0. The lowest BCUT2D eigenvalue weighted by atomic mass is 9.92. The molecule has 2 atom stereocenters. The van der Waals surface area contributed by atoms with Gasteiger partial charge >= 0.3 is 5.97 Å². The van der Waals surface area contributed by atoms with Crippen molar-refractivity contribution in [3.63, 3.8) is 0 Å². The summed E-state index contributed by atoms with van der Waals surface area (Å²) in [6, 6.07) is 0. The van der Waals surface area contributed by atoms with Crippen LogP contribution in [0.4, 0.5) is 0 Å². The van der Waals surface area contributed by atoms with Gasteiger partial charge in [-0.25, -0.2) is 0 Å². The zero-order valence-corrected chi connectivity index (χ0v) is 8.37. The van der Waals surface area contributed by atoms with E-state index < -0.39 is 11.5 Å². The van der Waals surface area contributed by atoms with E-state index in [0.717, 1.165) is 0 Å². The molecule has 2 unspecified atom stereocenters. The van der Waals surface area contributed by atoms with Crippen molar-refractivity contribution in [3.8, 4) is 0 Å². The molecule has 80 valence electrons. The average Bonchev–Trinajstić information content (AvgIpc) is 2.28. The molecule has 0 aromatic carbocycles. The zero-order chi connectivity index (χ0) is 10.8. The molecular formula is C9H15NO4. The smallest absolute Gasteiger partial charge is 0.305 e. The summed E-state index contributed by atoms with van der Waals surface area (Å²) in [6.45, 7) is 3.53. The van der Waals surface area contributed by atoms with Gasteiger partial charge in [-0.2, -0.15) is 0 Å². The molecule has 2 N–H and O–H groups in total. The normalized spacial score (nSPS) is 31.4. The molecule has 1 rings (SSSR count). The highest BCUT2D eigenvalue weighted by Crippen LogP contribution is 2.27. The van der Waals surface area contributed by atoms with E-state index in [9.17, 15) is 9.59 Å². The number of carbonyl (C=O) groups is 2. The van der Waals surface area contributed by atoms with Gasteiger partial charge in [-0.3, -0.25) is 9.59 Å². The monoisotopic (exact) mass is 201 g/mol. The van der Waals surface area contributed by atoms with Crippen molar-refractivity contribution in [2.75, 3.05) is 6.61 Å². The van der Waals surface area contributed by atoms with Crippen molar-refractivity contribution in [2.24, 2.45) is 0 Å². The van der Waals surface area contributed by atoms with E-state index in [2.05, 4.69) is 5.32 Å². The number of carboxylic acid groups (broad SMARTS) is 1. The number of hydrogen-bond donors (Lipinski definition) is 2. The van der Waals surface area contributed by atoms with E-state index in [1.807, 2.05) is 6.92 Å². The van der Waals surface area contributed by atoms with Gasteiger partial charge in [0.1, 0.15) is 0 Å². The first-order valence-electron chi connectivity index (χ1n) is 4.56. The van der Waals surface area contributed by atoms with Crippen LogP contribution in [0.3, 0.4) is 0 Å². The molecule has 1 saturated heterocycles. The molecule has 5 nitrogen and oxygen atoms in total. The second-order valence-corrected chi connectivity index (χ2v) is 3.86. The Morgan fingerprint density at radius 1 is 1.64 bits per heavy atom. The molecule has 1 heterocycles. The molecule has 1 aliphatic heterocycles. The van der Waals surface area contributed by atoms with Crippen molar-refractivity contribution in [1.29, 1.82) is 0 Å². The predicted molar refractivity (Wildman–Crippen MR) is 48.8 cm³/mol. The average molecular weight is 201 g/mol. The molecule has 1 aliphatic rings. The van der Waals surface area contributed by atoms with Gasteiger partial charge in [0.15, 0.2) is 0 Å². The first-order chi connectivity index (χ1) is 6.43. The maximum absolute atomic E-state index is 10.9. The summed E-state index contributed by atoms with van der Waals surface area (Å²) >= 11 is 0. The predicted octanol–water partition coefficient (Wildman–Crippen LogP) is 0.145. The number of nitrogens with one attached hydrogen (secondary N) is 1. The minimum Gasteiger partial charge on any atom is -0.481 e. The lowest BCUT2D eigenvalue weighted by Crippen LogP contribution is -2.49. The second-order valence-electron chi connectivity index (χ2n) is 3.86. The van der Waals surface area contributed by atoms with Crippen LogP contribution < -0.4 is 5.32 Å². The molecule has 14 heavy (non-hydrogen) atoms. The van der Waals surface area contributed by atoms with Gasteiger partial charge in [0.2, 0.25) is 5.91 Å². The van der Waals surface area contributed by atoms with E-state index in [1.165, 1.54) is 6.92 Å². The van der Waals surface area contributed by atoms with Crippen molar-refractivity contribution >= 4 is 11.9 Å². The molecule has 0 saturated carbocycles. The molecule has 1 amide bonds. The summed E-state index contributed by atoms with van der Waals surface area (Å²) in [5.74, 6) is -1.14. The highest BCUT2D eigenvalue weighted by Gasteiger charge is 2.41. The van der Waals surface area contributed by atoms with Crippen LogP contribution >= 0.6 is 0 Å². The van der Waals surface area contributed by atoms with Gasteiger partial charge in [0.05, 0.1) is 24.7 Å². The molecule has 0 bridgehead atoms. The Bertz CT molecular complexity index is 235. The Labute approximate surface area is 82.4 Å². The molecule has 0 aliphatic carbocycles. The lowest BCUT2D eigenvalue weighted by Gasteiger charge is -2.26. The summed E-state index contributed by atoms with van der Waals surface area (Å²) in [5.41, 5.74) is -0.711. The van der Waals surface area contributed by atoms with Crippen LogP contribution in [-0.4, -0.2) is 35.2 Å². The van der Waals surface area contributed by atoms with Crippen LogP contribution in [0.25, 0.3) is 0 Å². The van der Waals surface area contributed by atoms with Crippen molar-refractivity contribution in [1.82, 2.24) is 5.32 Å². The number of rotatable bonds is 3. The third kappa shape index (κ3) is 2.70. The van der Waals surface area contributed by atoms with Crippen LogP contribution in [-0.2, 0) is 14.3 Å². The molecule has 0 aromatic rings. The summed E-state index contributed by atoms with van der Waals surface area (Å²) in [5, 5.41) is 11.4. The molecule has 5 heteroatoms. The van der Waals surface area contributed by atoms with Crippen molar-refractivity contribution < 1.29 is 19.4 Å². The van der Waals surface area contributed by atoms with Crippen LogP contribution in [0.1, 0.15) is 26.7 Å². The number of carboxylic acids is 1. The van der Waals surface area contributed by atoms with E-state index in [-0.39, 0.29) is 25.0 Å². The minimum absolute atomic E-state index is 0.00111. The molecule has 0 radical (unpaired) electrons. The van der Waals surface area contributed by atoms with Crippen LogP contribution in [0.5, 0.6) is 0 Å². The van der Waals surface area contributed by atoms with Crippen molar-refractivity contribution in [2.45, 2.75) is 38.3 Å². The largest absolute Gasteiger partial charge is 0.481 e. The van der Waals surface area contributed by atoms with Gasteiger partial charge in [-0.05, 0) is 13.3 Å². The second kappa shape index (κ2) is 3.96. The fourth-order valence-electron chi connectivity index (χ4n) is 1.89. The lowest BCUT2D eigenvalue weighted by molar-refractivity contribution is -0.139. The summed E-state index contributed by atoms with van der Waals surface area (Å²) < 4.78 is 5.29. The molecule has 1 fully saturated rings. The first-order valence-corrected chi connectivity index (χ1v) is 4.56. The zero-order valence-electron chi connectivity index (χ0n) is 8.37. The topological polar surface area (TPSA) is 75.6 Å². The van der Waals surface area contributed by atoms with E-state index in [1.54, 1.807) is 0 Å². The van der Waals surface area contributed by atoms with E-state index in [0.29, 0.717) is 6.42 Å². The Morgan fingerprint density at radius 3 is 2.64 bits per heavy atom. The quantitative estimate of drug-likeness (QED) is 0.681. The third-order valence-corrected chi connectivity index (χ3v) is 2.25. The van der Waals surface area contributed by atoms with Gasteiger partial charge in [0, 0.05) is 6.92 Å². The van der Waals surface area contributed by atoms with Gasteiger partial charge in [-0.1, -0.05) is 0 Å². The molecule has 0 aromatic heterocycles. The highest BCUT2D eigenvalue weighted by atomic mass is 16.5. The maximum atomic E-state index is 10.9. The van der Waals surface area contributed by atoms with Crippen molar-refractivity contribution in [3.05, 3.63) is 0 Å². The summed E-state index contributed by atoms with van der Waals surface area (Å²) in [4.78, 5) is 21.6. The molecular weight excluding hydrogens is 186 g/mol. The van der Waals surface area contributed by atoms with Gasteiger partial charge in [0.25, 0.3) is 0 Å². The van der Waals surface area contributed by atoms with Gasteiger partial charge < -0.3 is 15.2 Å². The number of aliphatic carboxylic acids is 1. The standard InChI is InChI=1S/C9H15NO4/c1-6-3-9(5-14-6,4-8(12)13)10-7(2)11/h6H,3-5H2,1-2H3,(H,10,11)(H,12,13). The Balaban J connectivity index is 2.69. The third-order valence-electron chi connectivity index (χ3n) is 2.25. The van der Waals surface area contributed by atoms with E-state index >= 15 is 0 Å². The number of ether oxygens (including phenoxy) is 1. The fraction of sp³-hybridized carbons (Fsp3) is 0.778.